The van der Waals surface area contributed by atoms with E-state index in [2.05, 4.69) is 49.0 Å². The SMILES string of the molecule is C=CN=C.CN.CN=C1CC=C(c2cccc(NSc3cc(Cl)cnc3OC)c2F)C(=NC)N1. The minimum absolute atomic E-state index is 0.329. The van der Waals surface area contributed by atoms with Crippen LogP contribution in [0, 0.1) is 5.82 Å². The van der Waals surface area contributed by atoms with E-state index in [1.54, 1.807) is 38.4 Å². The molecule has 11 heteroatoms. The van der Waals surface area contributed by atoms with Crippen LogP contribution >= 0.6 is 23.5 Å². The van der Waals surface area contributed by atoms with Crippen LogP contribution in [0.5, 0.6) is 5.88 Å². The molecule has 0 fully saturated rings. The van der Waals surface area contributed by atoms with Gasteiger partial charge in [0.05, 0.1) is 22.7 Å². The number of aromatic nitrogens is 1. The van der Waals surface area contributed by atoms with Crippen molar-refractivity contribution >= 4 is 53.2 Å². The normalized spacial score (nSPS) is 14.5. The van der Waals surface area contributed by atoms with Crippen LogP contribution in [0.4, 0.5) is 10.1 Å². The number of ether oxygens (including phenoxy) is 1. The topological polar surface area (TPSA) is 109 Å². The summed E-state index contributed by atoms with van der Waals surface area (Å²) < 4.78 is 23.4. The number of halogens is 2. The summed E-state index contributed by atoms with van der Waals surface area (Å²) in [5.41, 5.74) is 5.98. The Kier molecular flexibility index (Phi) is 13.2. The van der Waals surface area contributed by atoms with E-state index in [0.29, 0.717) is 44.9 Å². The van der Waals surface area contributed by atoms with Gasteiger partial charge in [-0.15, -0.1) is 0 Å². The predicted molar refractivity (Wildman–Crippen MR) is 144 cm³/mol. The quantitative estimate of drug-likeness (QED) is 0.383. The molecule has 0 radical (unpaired) electrons. The lowest BCUT2D eigenvalue weighted by Gasteiger charge is -2.20. The second-order valence-corrected chi connectivity index (χ2v) is 7.37. The van der Waals surface area contributed by atoms with Crippen molar-refractivity contribution in [3.63, 3.8) is 0 Å². The Morgan fingerprint density at radius 1 is 1.32 bits per heavy atom. The standard InChI is InChI=1S/C19H19ClFN5OS.C3H5N.CH5N/c1-22-16-8-7-13(18(23-2)25-16)12-5-4-6-14(17(12)21)26-28-15-9-11(20)10-24-19(15)27-3;1-3-4-2;1-2/h4-7,9-10,26H,8H2,1-3H3,(H,22,23,25);3H,1-2H2;2H2,1H3. The molecule has 1 aliphatic heterocycles. The predicted octanol–water partition coefficient (Wildman–Crippen LogP) is 4.84. The Hall–Kier alpha value is -3.21. The van der Waals surface area contributed by atoms with Crippen LogP contribution in [0.15, 0.2) is 69.2 Å². The van der Waals surface area contributed by atoms with Crippen molar-refractivity contribution in [3.05, 3.63) is 65.7 Å². The third-order valence-electron chi connectivity index (χ3n) is 4.18. The molecule has 182 valence electrons. The molecule has 2 heterocycles. The van der Waals surface area contributed by atoms with Gasteiger partial charge in [-0.25, -0.2) is 9.37 Å². The van der Waals surface area contributed by atoms with Crippen molar-refractivity contribution in [2.75, 3.05) is 33.0 Å². The summed E-state index contributed by atoms with van der Waals surface area (Å²) in [4.78, 5) is 16.4. The number of nitrogens with two attached hydrogens (primary N) is 1. The summed E-state index contributed by atoms with van der Waals surface area (Å²) in [7, 11) is 6.38. The number of rotatable bonds is 6. The molecule has 0 saturated heterocycles. The number of nitrogens with zero attached hydrogens (tertiary/aromatic N) is 4. The third kappa shape index (κ3) is 7.98. The van der Waals surface area contributed by atoms with Gasteiger partial charge in [0.25, 0.3) is 0 Å². The lowest BCUT2D eigenvalue weighted by Crippen LogP contribution is -2.34. The monoisotopic (exact) mass is 505 g/mol. The maximum atomic E-state index is 15.2. The van der Waals surface area contributed by atoms with Gasteiger partial charge in [0, 0.05) is 44.0 Å². The highest BCUT2D eigenvalue weighted by Crippen LogP contribution is 2.33. The first-order valence-corrected chi connectivity index (χ1v) is 11.1. The van der Waals surface area contributed by atoms with Gasteiger partial charge in [-0.2, -0.15) is 0 Å². The molecule has 1 aliphatic rings. The molecule has 8 nitrogen and oxygen atoms in total. The lowest BCUT2D eigenvalue weighted by atomic mass is 9.99. The van der Waals surface area contributed by atoms with E-state index in [1.165, 1.54) is 38.5 Å². The van der Waals surface area contributed by atoms with E-state index in [4.69, 9.17) is 16.3 Å². The number of methoxy groups -OCH3 is 1. The molecule has 0 amide bonds. The fourth-order valence-corrected chi connectivity index (χ4v) is 3.68. The fourth-order valence-electron chi connectivity index (χ4n) is 2.67. The first-order valence-electron chi connectivity index (χ1n) is 9.94. The van der Waals surface area contributed by atoms with E-state index in [0.717, 1.165) is 5.84 Å². The van der Waals surface area contributed by atoms with Crippen molar-refractivity contribution in [2.24, 2.45) is 20.7 Å². The van der Waals surface area contributed by atoms with Crippen LogP contribution < -0.4 is 20.5 Å². The van der Waals surface area contributed by atoms with E-state index >= 15 is 4.39 Å². The maximum Gasteiger partial charge on any atom is 0.228 e. The van der Waals surface area contributed by atoms with Gasteiger partial charge < -0.3 is 20.5 Å². The van der Waals surface area contributed by atoms with Crippen LogP contribution in [0.2, 0.25) is 5.02 Å². The van der Waals surface area contributed by atoms with Gasteiger partial charge in [-0.3, -0.25) is 15.0 Å². The first kappa shape index (κ1) is 28.8. The van der Waals surface area contributed by atoms with Crippen molar-refractivity contribution in [1.29, 1.82) is 0 Å². The zero-order valence-electron chi connectivity index (χ0n) is 19.6. The molecule has 34 heavy (non-hydrogen) atoms. The van der Waals surface area contributed by atoms with Crippen LogP contribution in [0.3, 0.4) is 0 Å². The van der Waals surface area contributed by atoms with Crippen LogP contribution in [-0.2, 0) is 0 Å². The number of hydrogen-bond donors (Lipinski definition) is 3. The fraction of sp³-hybridized carbons (Fsp3) is 0.217. The molecule has 0 atom stereocenters. The highest BCUT2D eigenvalue weighted by molar-refractivity contribution is 8.00. The molecule has 0 bridgehead atoms. The molecule has 1 aromatic heterocycles. The maximum absolute atomic E-state index is 15.2. The average Bonchev–Trinajstić information content (AvgIpc) is 2.89. The smallest absolute Gasteiger partial charge is 0.228 e. The number of hydrogen-bond acceptors (Lipinski definition) is 8. The number of aliphatic imine (C=N–C) groups is 3. The minimum atomic E-state index is -0.380. The largest absolute Gasteiger partial charge is 0.480 e. The highest BCUT2D eigenvalue weighted by atomic mass is 35.5. The summed E-state index contributed by atoms with van der Waals surface area (Å²) in [6.07, 6.45) is 5.39. The highest BCUT2D eigenvalue weighted by Gasteiger charge is 2.21. The molecule has 4 N–H and O–H groups in total. The number of amidine groups is 2. The molecule has 1 aromatic carbocycles. The molecule has 0 unspecified atom stereocenters. The summed E-state index contributed by atoms with van der Waals surface area (Å²) in [6, 6.07) is 6.87. The van der Waals surface area contributed by atoms with Crippen molar-refractivity contribution in [3.8, 4) is 5.88 Å². The lowest BCUT2D eigenvalue weighted by molar-refractivity contribution is 0.387. The van der Waals surface area contributed by atoms with Crippen molar-refractivity contribution in [2.45, 2.75) is 11.3 Å². The molecule has 3 rings (SSSR count). The van der Waals surface area contributed by atoms with Crippen molar-refractivity contribution in [1.82, 2.24) is 10.3 Å². The molecule has 0 aliphatic carbocycles. The Bertz CT molecular complexity index is 1070. The third-order valence-corrected chi connectivity index (χ3v) is 5.22. The zero-order valence-corrected chi connectivity index (χ0v) is 21.2. The van der Waals surface area contributed by atoms with Gasteiger partial charge in [0.2, 0.25) is 5.88 Å². The average molecular weight is 506 g/mol. The summed E-state index contributed by atoms with van der Waals surface area (Å²) in [5, 5.41) is 3.59. The van der Waals surface area contributed by atoms with Crippen LogP contribution in [0.25, 0.3) is 5.57 Å². The van der Waals surface area contributed by atoms with Crippen LogP contribution in [-0.4, -0.2) is 51.6 Å². The Morgan fingerprint density at radius 2 is 2.03 bits per heavy atom. The molecular weight excluding hydrogens is 477 g/mol. The van der Waals surface area contributed by atoms with E-state index in [-0.39, 0.29) is 5.82 Å². The van der Waals surface area contributed by atoms with E-state index in [9.17, 15) is 0 Å². The first-order chi connectivity index (χ1) is 16.5. The molecule has 0 saturated carbocycles. The van der Waals surface area contributed by atoms with Gasteiger partial charge in [-0.1, -0.05) is 36.4 Å². The second kappa shape index (κ2) is 15.6. The number of anilines is 1. The Labute approximate surface area is 209 Å². The van der Waals surface area contributed by atoms with Gasteiger partial charge in [-0.05, 0) is 37.8 Å². The molecule has 2 aromatic rings. The second-order valence-electron chi connectivity index (χ2n) is 6.09. The summed E-state index contributed by atoms with van der Waals surface area (Å²) in [5.74, 6) is 1.39. The number of nitrogens with one attached hydrogen (secondary N) is 2. The summed E-state index contributed by atoms with van der Waals surface area (Å²) in [6.45, 7) is 6.36. The molecular formula is C23H29ClFN7OS. The number of benzene rings is 1. The number of pyridine rings is 1. The van der Waals surface area contributed by atoms with Crippen LogP contribution in [0.1, 0.15) is 12.0 Å². The minimum Gasteiger partial charge on any atom is -0.480 e. The van der Waals surface area contributed by atoms with E-state index in [1.807, 2.05) is 6.08 Å². The zero-order chi connectivity index (χ0) is 25.5. The molecule has 0 spiro atoms. The van der Waals surface area contributed by atoms with Gasteiger partial charge in [0.1, 0.15) is 11.7 Å². The van der Waals surface area contributed by atoms with E-state index < -0.39 is 0 Å². The Morgan fingerprint density at radius 3 is 2.62 bits per heavy atom. The van der Waals surface area contributed by atoms with Gasteiger partial charge >= 0.3 is 0 Å². The van der Waals surface area contributed by atoms with Crippen molar-refractivity contribution < 1.29 is 9.13 Å². The Balaban J connectivity index is 0.000000872. The van der Waals surface area contributed by atoms with Gasteiger partial charge in [0.15, 0.2) is 5.82 Å². The summed E-state index contributed by atoms with van der Waals surface area (Å²) >= 11 is 7.17.